The summed E-state index contributed by atoms with van der Waals surface area (Å²) in [6, 6.07) is 24.2. The normalized spacial score (nSPS) is 11.4. The molecule has 1 heterocycles. The number of aryl methyl sites for hydroxylation is 1. The Labute approximate surface area is 229 Å². The Bertz CT molecular complexity index is 1400. The van der Waals surface area contributed by atoms with Crippen LogP contribution < -0.4 is 10.6 Å². The molecule has 4 aromatic rings. The van der Waals surface area contributed by atoms with E-state index in [1.54, 1.807) is 24.4 Å². The Morgan fingerprint density at radius 3 is 2.47 bits per heavy atom. The van der Waals surface area contributed by atoms with Gasteiger partial charge in [-0.25, -0.2) is 4.98 Å². The average molecular weight is 546 g/mol. The smallest absolute Gasteiger partial charge is 0.311 e. The SMILES string of the molecule is CCOC(=O)Cc1csc(NC(=O)C(Sc2cccc(NC(=O)c3ccc(C)cc3)c2)c2ccccc2)n1. The number of nitrogens with zero attached hydrogens (tertiary/aromatic N) is 1. The fourth-order valence-corrected chi connectivity index (χ4v) is 5.37. The minimum atomic E-state index is -0.573. The quantitative estimate of drug-likeness (QED) is 0.180. The molecule has 194 valence electrons. The Hall–Kier alpha value is -3.95. The highest BCUT2D eigenvalue weighted by Crippen LogP contribution is 2.37. The molecule has 1 aromatic heterocycles. The fourth-order valence-electron chi connectivity index (χ4n) is 3.57. The second-order valence-electron chi connectivity index (χ2n) is 8.37. The molecule has 0 spiro atoms. The van der Waals surface area contributed by atoms with Crippen LogP contribution in [0.1, 0.15) is 39.4 Å². The van der Waals surface area contributed by atoms with Crippen molar-refractivity contribution in [1.82, 2.24) is 4.98 Å². The number of benzene rings is 3. The number of aromatic nitrogens is 1. The zero-order valence-electron chi connectivity index (χ0n) is 21.0. The van der Waals surface area contributed by atoms with Crippen molar-refractivity contribution in [1.29, 1.82) is 0 Å². The summed E-state index contributed by atoms with van der Waals surface area (Å²) < 4.78 is 4.97. The lowest BCUT2D eigenvalue weighted by Crippen LogP contribution is -2.19. The summed E-state index contributed by atoms with van der Waals surface area (Å²) in [5.74, 6) is -0.804. The van der Waals surface area contributed by atoms with E-state index < -0.39 is 5.25 Å². The largest absolute Gasteiger partial charge is 0.466 e. The number of esters is 1. The lowest BCUT2D eigenvalue weighted by molar-refractivity contribution is -0.142. The molecule has 9 heteroatoms. The molecule has 38 heavy (non-hydrogen) atoms. The van der Waals surface area contributed by atoms with Crippen molar-refractivity contribution in [2.24, 2.45) is 0 Å². The standard InChI is InChI=1S/C29H27N3O4S2/c1-3-36-25(33)17-23-18-37-29(31-23)32-28(35)26(20-8-5-4-6-9-20)38-24-11-7-10-22(16-24)30-27(34)21-14-12-19(2)13-15-21/h4-16,18,26H,3,17H2,1-2H3,(H,30,34)(H,31,32,35). The summed E-state index contributed by atoms with van der Waals surface area (Å²) in [4.78, 5) is 43.0. The van der Waals surface area contributed by atoms with Crippen LogP contribution in [0.4, 0.5) is 10.8 Å². The first kappa shape index (κ1) is 27.1. The topological polar surface area (TPSA) is 97.4 Å². The highest BCUT2D eigenvalue weighted by Gasteiger charge is 2.23. The van der Waals surface area contributed by atoms with Crippen LogP contribution in [0.3, 0.4) is 0 Å². The van der Waals surface area contributed by atoms with E-state index in [0.29, 0.717) is 28.7 Å². The lowest BCUT2D eigenvalue weighted by atomic mass is 10.1. The summed E-state index contributed by atoms with van der Waals surface area (Å²) in [5, 5.41) is 7.39. The maximum atomic E-state index is 13.4. The Morgan fingerprint density at radius 1 is 0.974 bits per heavy atom. The summed E-state index contributed by atoms with van der Waals surface area (Å²) in [6.45, 7) is 4.03. The molecule has 7 nitrogen and oxygen atoms in total. The van der Waals surface area contributed by atoms with Gasteiger partial charge in [-0.2, -0.15) is 0 Å². The molecule has 4 rings (SSSR count). The van der Waals surface area contributed by atoms with Crippen LogP contribution in [0, 0.1) is 6.92 Å². The van der Waals surface area contributed by atoms with Crippen molar-refractivity contribution in [3.63, 3.8) is 0 Å². The first-order valence-corrected chi connectivity index (χ1v) is 13.8. The molecule has 0 aliphatic heterocycles. The van der Waals surface area contributed by atoms with E-state index in [0.717, 1.165) is 16.0 Å². The monoisotopic (exact) mass is 545 g/mol. The van der Waals surface area contributed by atoms with Crippen LogP contribution in [-0.2, 0) is 20.7 Å². The highest BCUT2D eigenvalue weighted by atomic mass is 32.2. The molecule has 0 aliphatic rings. The van der Waals surface area contributed by atoms with Crippen molar-refractivity contribution in [2.75, 3.05) is 17.2 Å². The number of amides is 2. The number of carbonyl (C=O) groups is 3. The highest BCUT2D eigenvalue weighted by molar-refractivity contribution is 8.00. The summed E-state index contributed by atoms with van der Waals surface area (Å²) in [7, 11) is 0. The van der Waals surface area contributed by atoms with Gasteiger partial charge in [0.15, 0.2) is 5.13 Å². The van der Waals surface area contributed by atoms with E-state index in [2.05, 4.69) is 15.6 Å². The van der Waals surface area contributed by atoms with Crippen LogP contribution in [0.2, 0.25) is 0 Å². The minimum absolute atomic E-state index is 0.0537. The van der Waals surface area contributed by atoms with Gasteiger partial charge >= 0.3 is 5.97 Å². The number of rotatable bonds is 10. The second kappa shape index (κ2) is 13.0. The molecule has 0 saturated carbocycles. The van der Waals surface area contributed by atoms with E-state index in [1.165, 1.54) is 23.1 Å². The molecule has 3 aromatic carbocycles. The van der Waals surface area contributed by atoms with E-state index in [1.807, 2.05) is 73.7 Å². The van der Waals surface area contributed by atoms with Crippen molar-refractivity contribution in [3.05, 3.63) is 107 Å². The van der Waals surface area contributed by atoms with Crippen LogP contribution in [-0.4, -0.2) is 29.4 Å². The summed E-state index contributed by atoms with van der Waals surface area (Å²) in [6.07, 6.45) is 0.0537. The molecule has 0 saturated heterocycles. The number of hydrogen-bond donors (Lipinski definition) is 2. The van der Waals surface area contributed by atoms with Crippen molar-refractivity contribution in [3.8, 4) is 0 Å². The van der Waals surface area contributed by atoms with Gasteiger partial charge in [-0.15, -0.1) is 23.1 Å². The Balaban J connectivity index is 1.48. The van der Waals surface area contributed by atoms with Gasteiger partial charge in [-0.1, -0.05) is 54.1 Å². The van der Waals surface area contributed by atoms with Crippen molar-refractivity contribution in [2.45, 2.75) is 30.4 Å². The van der Waals surface area contributed by atoms with Crippen molar-refractivity contribution >= 4 is 51.7 Å². The van der Waals surface area contributed by atoms with E-state index in [-0.39, 0.29) is 24.2 Å². The van der Waals surface area contributed by atoms with Gasteiger partial charge in [0.2, 0.25) is 5.91 Å². The molecule has 1 unspecified atom stereocenters. The number of hydrogen-bond acceptors (Lipinski definition) is 7. The zero-order chi connectivity index (χ0) is 26.9. The minimum Gasteiger partial charge on any atom is -0.466 e. The lowest BCUT2D eigenvalue weighted by Gasteiger charge is -2.17. The van der Waals surface area contributed by atoms with Gasteiger partial charge in [0.1, 0.15) is 5.25 Å². The molecule has 1 atom stereocenters. The molecule has 0 aliphatic carbocycles. The fraction of sp³-hybridized carbons (Fsp3) is 0.172. The zero-order valence-corrected chi connectivity index (χ0v) is 22.6. The number of thiazole rings is 1. The molecule has 0 fully saturated rings. The number of ether oxygens (including phenoxy) is 1. The maximum absolute atomic E-state index is 13.4. The number of carbonyl (C=O) groups excluding carboxylic acids is 3. The van der Waals surface area contributed by atoms with Crippen LogP contribution in [0.15, 0.2) is 89.1 Å². The number of anilines is 2. The third-order valence-corrected chi connectivity index (χ3v) is 7.47. The van der Waals surface area contributed by atoms with Gasteiger partial charge in [-0.05, 0) is 49.7 Å². The first-order valence-electron chi connectivity index (χ1n) is 12.0. The Morgan fingerprint density at radius 2 is 1.74 bits per heavy atom. The van der Waals surface area contributed by atoms with Crippen LogP contribution >= 0.6 is 23.1 Å². The van der Waals surface area contributed by atoms with Crippen LogP contribution in [0.5, 0.6) is 0 Å². The van der Waals surface area contributed by atoms with Gasteiger partial charge < -0.3 is 15.4 Å². The van der Waals surface area contributed by atoms with Crippen molar-refractivity contribution < 1.29 is 19.1 Å². The number of nitrogens with one attached hydrogen (secondary N) is 2. The molecule has 0 bridgehead atoms. The molecule has 0 radical (unpaired) electrons. The van der Waals surface area contributed by atoms with Gasteiger partial charge in [0.05, 0.1) is 18.7 Å². The van der Waals surface area contributed by atoms with E-state index in [9.17, 15) is 14.4 Å². The molecule has 2 N–H and O–H groups in total. The third kappa shape index (κ3) is 7.53. The predicted molar refractivity (Wildman–Crippen MR) is 152 cm³/mol. The molecular weight excluding hydrogens is 518 g/mol. The van der Waals surface area contributed by atoms with E-state index >= 15 is 0 Å². The van der Waals surface area contributed by atoms with Gasteiger partial charge in [-0.3, -0.25) is 14.4 Å². The average Bonchev–Trinajstić information content (AvgIpc) is 3.34. The first-order chi connectivity index (χ1) is 18.4. The molecule has 2 amide bonds. The third-order valence-electron chi connectivity index (χ3n) is 5.41. The summed E-state index contributed by atoms with van der Waals surface area (Å²) >= 11 is 2.63. The van der Waals surface area contributed by atoms with Gasteiger partial charge in [0.25, 0.3) is 5.91 Å². The Kier molecular flexibility index (Phi) is 9.29. The second-order valence-corrected chi connectivity index (χ2v) is 10.4. The van der Waals surface area contributed by atoms with Gasteiger partial charge in [0, 0.05) is 21.5 Å². The predicted octanol–water partition coefficient (Wildman–Crippen LogP) is 6.28. The number of thioether (sulfide) groups is 1. The van der Waals surface area contributed by atoms with E-state index in [4.69, 9.17) is 4.74 Å². The maximum Gasteiger partial charge on any atom is 0.311 e. The molecular formula is C29H27N3O4S2. The summed E-state index contributed by atoms with van der Waals surface area (Å²) in [5.41, 5.74) is 3.66. The van der Waals surface area contributed by atoms with Crippen LogP contribution in [0.25, 0.3) is 0 Å².